The van der Waals surface area contributed by atoms with Crippen LogP contribution in [0.1, 0.15) is 0 Å². The zero-order valence-corrected chi connectivity index (χ0v) is 36.5. The zero-order valence-electron chi connectivity index (χ0n) is 32.3. The fourth-order valence-corrected chi connectivity index (χ4v) is 7.99. The predicted molar refractivity (Wildman–Crippen MR) is 238 cm³/mol. The normalized spacial score (nSPS) is 11.3. The zero-order chi connectivity index (χ0) is 40.2. The van der Waals surface area contributed by atoms with E-state index in [2.05, 4.69) is 16.7 Å². The van der Waals surface area contributed by atoms with Gasteiger partial charge in [0.15, 0.2) is 23.0 Å². The van der Waals surface area contributed by atoms with Crippen LogP contribution < -0.4 is 11.1 Å². The molecule has 9 heteroatoms. The first-order valence-electron chi connectivity index (χ1n) is 19.5. The van der Waals surface area contributed by atoms with Gasteiger partial charge in [-0.3, -0.25) is 13.9 Å². The number of rotatable bonds is 6. The van der Waals surface area contributed by atoms with Crippen LogP contribution in [0.2, 0.25) is 0 Å². The molecule has 4 heterocycles. The van der Waals surface area contributed by atoms with E-state index in [4.69, 9.17) is 19.9 Å². The Kier molecular flexibility index (Phi) is 9.76. The molecule has 0 bridgehead atoms. The second-order valence-electron chi connectivity index (χ2n) is 14.4. The summed E-state index contributed by atoms with van der Waals surface area (Å²) in [6.07, 6.45) is 1.77. The van der Waals surface area contributed by atoms with Gasteiger partial charge in [0, 0.05) is 50.4 Å². The maximum atomic E-state index is 14.8. The van der Waals surface area contributed by atoms with Crippen molar-refractivity contribution in [1.29, 1.82) is 0 Å². The van der Waals surface area contributed by atoms with Crippen LogP contribution in [0.4, 0.5) is 0 Å². The molecule has 7 aromatic carbocycles. The topological polar surface area (TPSA) is 95.6 Å². The van der Waals surface area contributed by atoms with Crippen molar-refractivity contribution in [1.82, 2.24) is 29.1 Å². The van der Waals surface area contributed by atoms with Crippen LogP contribution in [0.5, 0.6) is 0 Å². The summed E-state index contributed by atoms with van der Waals surface area (Å²) in [4.78, 5) is 49.0. The molecule has 0 radical (unpaired) electrons. The molecule has 0 amide bonds. The second-order valence-corrected chi connectivity index (χ2v) is 14.4. The SMILES string of the molecule is O=c1c2[c-]c(-c3[c-]cccc3)ccc2c2cc3c(cc2c(=O)n1-c1ccccc1)c1cccnc1n3-c1ccc(-c2nc(-c3ccccc3)nc(-c3ccccc3)n2)cc1.[U+2]. The molecule has 0 unspecified atom stereocenters. The molecule has 284 valence electrons. The van der Waals surface area contributed by atoms with Crippen molar-refractivity contribution in [3.8, 4) is 56.7 Å². The molecule has 0 saturated heterocycles. The van der Waals surface area contributed by atoms with Gasteiger partial charge in [0.25, 0.3) is 5.56 Å². The predicted octanol–water partition coefficient (Wildman–Crippen LogP) is 10.4. The van der Waals surface area contributed by atoms with Crippen molar-refractivity contribution >= 4 is 43.5 Å². The van der Waals surface area contributed by atoms with Gasteiger partial charge in [-0.2, -0.15) is 42.0 Å². The third kappa shape index (κ3) is 6.65. The first kappa shape index (κ1) is 37.9. The van der Waals surface area contributed by atoms with Crippen LogP contribution in [0.15, 0.2) is 192 Å². The minimum absolute atomic E-state index is 0. The summed E-state index contributed by atoms with van der Waals surface area (Å²) in [6.45, 7) is 0. The Labute approximate surface area is 372 Å². The van der Waals surface area contributed by atoms with Crippen molar-refractivity contribution in [2.75, 3.05) is 0 Å². The molecule has 0 atom stereocenters. The van der Waals surface area contributed by atoms with Gasteiger partial charge < -0.3 is 4.79 Å². The Morgan fingerprint density at radius 2 is 1.05 bits per heavy atom. The fraction of sp³-hybridized carbons (Fsp3) is 0. The number of para-hydroxylation sites is 1. The molecule has 0 fully saturated rings. The molecule has 0 saturated carbocycles. The summed E-state index contributed by atoms with van der Waals surface area (Å²) in [5, 5.41) is 3.64. The molecule has 0 N–H and O–H groups in total. The standard InChI is InChI=1S/C52H30N6O2.U/c59-51-44-30-37(33-14-5-1-6-15-33)25-28-40(44)42-32-46-43(31-45(42)52(60)58(51)38-20-11-4-12-21-38)41-22-13-29-53-50(41)57(46)39-26-23-36(24-27-39)49-55-47(34-16-7-2-8-17-34)54-48(56-49)35-18-9-3-10-19-35;/h1-14,16-29,31-32H;/q-2;+2. The Hall–Kier alpha value is -7.31. The minimum atomic E-state index is -0.450. The molecule has 0 spiro atoms. The van der Waals surface area contributed by atoms with Gasteiger partial charge >= 0.3 is 31.1 Å². The van der Waals surface area contributed by atoms with Gasteiger partial charge in [-0.1, -0.05) is 89.6 Å². The van der Waals surface area contributed by atoms with E-state index in [-0.39, 0.29) is 31.1 Å². The molecule has 0 aliphatic rings. The third-order valence-electron chi connectivity index (χ3n) is 10.8. The summed E-state index contributed by atoms with van der Waals surface area (Å²) in [5.41, 5.74) is 6.12. The molecular formula is C52H30N6O2U. The molecule has 11 rings (SSSR count). The van der Waals surface area contributed by atoms with Crippen LogP contribution in [0, 0.1) is 43.2 Å². The van der Waals surface area contributed by atoms with E-state index in [1.807, 2.05) is 164 Å². The van der Waals surface area contributed by atoms with E-state index in [0.717, 1.165) is 49.9 Å². The van der Waals surface area contributed by atoms with Crippen molar-refractivity contribution in [3.63, 3.8) is 0 Å². The van der Waals surface area contributed by atoms with Gasteiger partial charge in [-0.05, 0) is 66.0 Å². The fourth-order valence-electron chi connectivity index (χ4n) is 7.99. The number of aromatic nitrogens is 6. The molecular weight excluding hydrogens is 979 g/mol. The minimum Gasteiger partial charge on any atom is -0.315 e. The van der Waals surface area contributed by atoms with E-state index in [1.54, 1.807) is 18.3 Å². The molecule has 4 aromatic heterocycles. The number of fused-ring (bicyclic) bond motifs is 6. The number of nitrogens with zero attached hydrogens (tertiary/aromatic N) is 6. The Morgan fingerprint density at radius 1 is 0.443 bits per heavy atom. The average Bonchev–Trinajstić information content (AvgIpc) is 3.61. The molecule has 11 aromatic rings. The molecule has 61 heavy (non-hydrogen) atoms. The number of hydrogen-bond acceptors (Lipinski definition) is 6. The van der Waals surface area contributed by atoms with Crippen molar-refractivity contribution in [2.24, 2.45) is 0 Å². The average molecular weight is 1010 g/mol. The maximum Gasteiger partial charge on any atom is 2.00 e. The van der Waals surface area contributed by atoms with Gasteiger partial charge in [0.2, 0.25) is 0 Å². The Bertz CT molecular complexity index is 3500. The van der Waals surface area contributed by atoms with Gasteiger partial charge in [0.05, 0.1) is 5.52 Å². The monoisotopic (exact) mass is 1010 g/mol. The first-order chi connectivity index (χ1) is 29.6. The number of hydrogen-bond donors (Lipinski definition) is 0. The quantitative estimate of drug-likeness (QED) is 0.154. The summed E-state index contributed by atoms with van der Waals surface area (Å²) < 4.78 is 3.35. The van der Waals surface area contributed by atoms with E-state index in [1.165, 1.54) is 4.57 Å². The van der Waals surface area contributed by atoms with E-state index in [9.17, 15) is 9.59 Å². The molecule has 8 nitrogen and oxygen atoms in total. The van der Waals surface area contributed by atoms with Gasteiger partial charge in [-0.25, -0.2) is 25.5 Å². The van der Waals surface area contributed by atoms with E-state index < -0.39 is 11.1 Å². The van der Waals surface area contributed by atoms with Crippen molar-refractivity contribution in [2.45, 2.75) is 0 Å². The van der Waals surface area contributed by atoms with Crippen molar-refractivity contribution < 1.29 is 31.1 Å². The second kappa shape index (κ2) is 15.7. The number of pyridine rings is 1. The third-order valence-corrected chi connectivity index (χ3v) is 10.8. The van der Waals surface area contributed by atoms with Crippen molar-refractivity contribution in [3.05, 3.63) is 215 Å². The van der Waals surface area contributed by atoms with Crippen LogP contribution in [0.3, 0.4) is 0 Å². The van der Waals surface area contributed by atoms with Crippen LogP contribution in [-0.2, 0) is 0 Å². The maximum absolute atomic E-state index is 14.8. The summed E-state index contributed by atoms with van der Waals surface area (Å²) in [5.74, 6) is 1.72. The molecule has 0 aliphatic heterocycles. The Balaban J connectivity index is 0.00000445. The van der Waals surface area contributed by atoms with Gasteiger partial charge in [0.1, 0.15) is 5.65 Å². The van der Waals surface area contributed by atoms with Crippen LogP contribution in [-0.4, -0.2) is 29.1 Å². The van der Waals surface area contributed by atoms with Crippen LogP contribution >= 0.6 is 0 Å². The first-order valence-corrected chi connectivity index (χ1v) is 19.5. The summed E-state index contributed by atoms with van der Waals surface area (Å²) >= 11 is 0. The Morgan fingerprint density at radius 3 is 1.69 bits per heavy atom. The number of benzene rings is 7. The molecule has 0 aliphatic carbocycles. The van der Waals surface area contributed by atoms with E-state index in [0.29, 0.717) is 50.3 Å². The van der Waals surface area contributed by atoms with E-state index >= 15 is 0 Å². The summed E-state index contributed by atoms with van der Waals surface area (Å²) in [6, 6.07) is 62.8. The largest absolute Gasteiger partial charge is 2.00 e. The smallest absolute Gasteiger partial charge is 0.315 e. The van der Waals surface area contributed by atoms with Gasteiger partial charge in [-0.15, -0.1) is 12.1 Å². The summed E-state index contributed by atoms with van der Waals surface area (Å²) in [7, 11) is 0. The van der Waals surface area contributed by atoms with Crippen LogP contribution in [0.25, 0.3) is 100 Å².